The van der Waals surface area contributed by atoms with E-state index in [2.05, 4.69) is 19.6 Å². The fourth-order valence-electron chi connectivity index (χ4n) is 1.63. The van der Waals surface area contributed by atoms with Gasteiger partial charge in [0.15, 0.2) is 0 Å². The largest absolute Gasteiger partial charge is 0.543 e. The maximum Gasteiger partial charge on any atom is 0.543 e. The van der Waals surface area contributed by atoms with Crippen LogP contribution >= 0.6 is 0 Å². The predicted molar refractivity (Wildman–Crippen MR) is 80.6 cm³/mol. The maximum absolute atomic E-state index is 11.8. The summed E-state index contributed by atoms with van der Waals surface area (Å²) in [5, 5.41) is 4.14. The number of carbonyl (C=O) groups is 2. The molecular weight excluding hydrogens is 304 g/mol. The normalized spacial score (nSPS) is 10.2. The quantitative estimate of drug-likeness (QED) is 0.298. The van der Waals surface area contributed by atoms with Gasteiger partial charge in [0.2, 0.25) is 0 Å². The molecule has 1 aromatic carbocycles. The standard InChI is InChI=1S/C16H22O7/c1-4-5-8-19-9-10-20-16(18)22-23-21-15(17)14-11-12(2)6-7-13(14)3/h6-7,11H,4-5,8-10H2,1-3H3. The number of hydrogen-bond acceptors (Lipinski definition) is 7. The van der Waals surface area contributed by atoms with Crippen LogP contribution in [0.2, 0.25) is 0 Å². The zero-order valence-electron chi connectivity index (χ0n) is 13.6. The third kappa shape index (κ3) is 7.62. The number of aryl methyl sites for hydroxylation is 2. The molecule has 0 heterocycles. The van der Waals surface area contributed by atoms with E-state index in [4.69, 9.17) is 4.74 Å². The molecule has 0 N–H and O–H groups in total. The summed E-state index contributed by atoms with van der Waals surface area (Å²) in [6.45, 7) is 6.54. The van der Waals surface area contributed by atoms with Gasteiger partial charge in [0.05, 0.1) is 17.2 Å². The number of ether oxygens (including phenoxy) is 2. The monoisotopic (exact) mass is 326 g/mol. The molecule has 128 valence electrons. The van der Waals surface area contributed by atoms with Crippen molar-refractivity contribution >= 4 is 12.1 Å². The Balaban J connectivity index is 2.19. The Labute approximate surface area is 135 Å². The molecule has 0 saturated carbocycles. The highest BCUT2D eigenvalue weighted by atomic mass is 17.5. The van der Waals surface area contributed by atoms with Gasteiger partial charge in [0, 0.05) is 6.61 Å². The Morgan fingerprint density at radius 1 is 1.04 bits per heavy atom. The Bertz CT molecular complexity index is 513. The molecule has 1 aromatic rings. The Kier molecular flexibility index (Phi) is 8.71. The van der Waals surface area contributed by atoms with Crippen molar-refractivity contribution < 1.29 is 33.9 Å². The van der Waals surface area contributed by atoms with E-state index in [0.717, 1.165) is 24.0 Å². The first-order valence-electron chi connectivity index (χ1n) is 7.42. The summed E-state index contributed by atoms with van der Waals surface area (Å²) < 4.78 is 9.84. The molecule has 0 aromatic heterocycles. The molecule has 0 aliphatic heterocycles. The number of carbonyl (C=O) groups excluding carboxylic acids is 2. The zero-order chi connectivity index (χ0) is 17.1. The number of unbranched alkanes of at least 4 members (excludes halogenated alkanes) is 1. The first-order valence-corrected chi connectivity index (χ1v) is 7.42. The first kappa shape index (κ1) is 18.9. The average molecular weight is 326 g/mol. The van der Waals surface area contributed by atoms with Crippen LogP contribution in [0.5, 0.6) is 0 Å². The fraction of sp³-hybridized carbons (Fsp3) is 0.500. The third-order valence-electron chi connectivity index (χ3n) is 2.91. The Morgan fingerprint density at radius 3 is 2.57 bits per heavy atom. The van der Waals surface area contributed by atoms with Crippen LogP contribution < -0.4 is 0 Å². The van der Waals surface area contributed by atoms with Gasteiger partial charge >= 0.3 is 12.1 Å². The summed E-state index contributed by atoms with van der Waals surface area (Å²) in [5.74, 6) is -0.762. The van der Waals surface area contributed by atoms with E-state index in [1.54, 1.807) is 19.1 Å². The minimum absolute atomic E-state index is 0.0246. The molecule has 0 bridgehead atoms. The molecule has 1 rings (SSSR count). The lowest BCUT2D eigenvalue weighted by Crippen LogP contribution is -2.15. The summed E-state index contributed by atoms with van der Waals surface area (Å²) in [6.07, 6.45) is 0.863. The summed E-state index contributed by atoms with van der Waals surface area (Å²) in [6, 6.07) is 5.29. The molecule has 0 amide bonds. The van der Waals surface area contributed by atoms with Crippen molar-refractivity contribution in [1.82, 2.24) is 0 Å². The van der Waals surface area contributed by atoms with E-state index < -0.39 is 12.1 Å². The highest BCUT2D eigenvalue weighted by molar-refractivity contribution is 5.90. The van der Waals surface area contributed by atoms with E-state index in [9.17, 15) is 9.59 Å². The van der Waals surface area contributed by atoms with Crippen LogP contribution in [-0.2, 0) is 24.3 Å². The number of hydrogen-bond donors (Lipinski definition) is 0. The molecule has 0 aliphatic rings. The lowest BCUT2D eigenvalue weighted by Gasteiger charge is -2.06. The van der Waals surface area contributed by atoms with Crippen LogP contribution in [0.15, 0.2) is 18.2 Å². The first-order chi connectivity index (χ1) is 11.0. The Morgan fingerprint density at radius 2 is 1.83 bits per heavy atom. The van der Waals surface area contributed by atoms with Gasteiger partial charge in [-0.15, -0.1) is 0 Å². The van der Waals surface area contributed by atoms with Crippen LogP contribution in [0.4, 0.5) is 4.79 Å². The number of benzene rings is 1. The lowest BCUT2D eigenvalue weighted by atomic mass is 10.1. The van der Waals surface area contributed by atoms with E-state index in [-0.39, 0.29) is 13.2 Å². The van der Waals surface area contributed by atoms with Crippen molar-refractivity contribution in [2.45, 2.75) is 33.6 Å². The molecule has 7 heteroatoms. The van der Waals surface area contributed by atoms with E-state index in [1.165, 1.54) is 0 Å². The molecular formula is C16H22O7. The van der Waals surface area contributed by atoms with Crippen molar-refractivity contribution in [2.75, 3.05) is 19.8 Å². The maximum atomic E-state index is 11.8. The van der Waals surface area contributed by atoms with E-state index >= 15 is 0 Å². The van der Waals surface area contributed by atoms with E-state index in [0.29, 0.717) is 12.2 Å². The van der Waals surface area contributed by atoms with Crippen LogP contribution in [0, 0.1) is 13.8 Å². The van der Waals surface area contributed by atoms with Crippen molar-refractivity contribution in [2.24, 2.45) is 0 Å². The predicted octanol–water partition coefficient (Wildman–Crippen LogP) is 3.28. The highest BCUT2D eigenvalue weighted by Crippen LogP contribution is 2.12. The fourth-order valence-corrected chi connectivity index (χ4v) is 1.63. The van der Waals surface area contributed by atoms with Gasteiger partial charge in [-0.1, -0.05) is 31.0 Å². The van der Waals surface area contributed by atoms with Crippen molar-refractivity contribution in [3.8, 4) is 0 Å². The average Bonchev–Trinajstić information content (AvgIpc) is 2.53. The zero-order valence-corrected chi connectivity index (χ0v) is 13.6. The van der Waals surface area contributed by atoms with Gasteiger partial charge < -0.3 is 9.47 Å². The second-order valence-corrected chi connectivity index (χ2v) is 4.90. The highest BCUT2D eigenvalue weighted by Gasteiger charge is 2.14. The molecule has 0 aliphatic carbocycles. The van der Waals surface area contributed by atoms with Crippen LogP contribution in [0.1, 0.15) is 41.3 Å². The molecule has 0 saturated heterocycles. The van der Waals surface area contributed by atoms with Crippen molar-refractivity contribution in [1.29, 1.82) is 0 Å². The summed E-state index contributed by atoms with van der Waals surface area (Å²) in [7, 11) is 0. The van der Waals surface area contributed by atoms with Crippen LogP contribution in [-0.4, -0.2) is 31.9 Å². The lowest BCUT2D eigenvalue weighted by molar-refractivity contribution is -0.452. The molecule has 0 fully saturated rings. The van der Waals surface area contributed by atoms with Gasteiger partial charge in [-0.05, 0) is 31.9 Å². The van der Waals surface area contributed by atoms with Crippen molar-refractivity contribution in [3.63, 3.8) is 0 Å². The van der Waals surface area contributed by atoms with Gasteiger partial charge in [0.1, 0.15) is 6.61 Å². The minimum atomic E-state index is -1.11. The third-order valence-corrected chi connectivity index (χ3v) is 2.91. The summed E-state index contributed by atoms with van der Waals surface area (Å²) >= 11 is 0. The smallest absolute Gasteiger partial charge is 0.430 e. The van der Waals surface area contributed by atoms with Crippen LogP contribution in [0.25, 0.3) is 0 Å². The minimum Gasteiger partial charge on any atom is -0.430 e. The summed E-state index contributed by atoms with van der Waals surface area (Å²) in [5.41, 5.74) is 1.94. The van der Waals surface area contributed by atoms with Gasteiger partial charge in [0.25, 0.3) is 0 Å². The summed E-state index contributed by atoms with van der Waals surface area (Å²) in [4.78, 5) is 31.5. The number of rotatable bonds is 9. The van der Waals surface area contributed by atoms with Crippen LogP contribution in [0.3, 0.4) is 0 Å². The van der Waals surface area contributed by atoms with Gasteiger partial charge in [-0.25, -0.2) is 14.5 Å². The SMILES string of the molecule is CCCCOCCOC(=O)OOOC(=O)c1cc(C)ccc1C. The second-order valence-electron chi connectivity index (χ2n) is 4.90. The second kappa shape index (κ2) is 10.6. The Hall–Kier alpha value is -2.12. The van der Waals surface area contributed by atoms with Gasteiger partial charge in [-0.2, -0.15) is 0 Å². The topological polar surface area (TPSA) is 80.3 Å². The molecule has 0 radical (unpaired) electrons. The molecule has 23 heavy (non-hydrogen) atoms. The molecule has 0 spiro atoms. The van der Waals surface area contributed by atoms with Crippen molar-refractivity contribution in [3.05, 3.63) is 34.9 Å². The molecule has 0 unspecified atom stereocenters. The van der Waals surface area contributed by atoms with Gasteiger partial charge in [-0.3, -0.25) is 4.89 Å². The molecule has 7 nitrogen and oxygen atoms in total. The van der Waals surface area contributed by atoms with E-state index in [1.807, 2.05) is 19.9 Å². The molecule has 0 atom stereocenters.